The number of benzene rings is 1. The van der Waals surface area contributed by atoms with Crippen molar-refractivity contribution >= 4 is 0 Å². The molecule has 136 valence electrons. The predicted molar refractivity (Wildman–Crippen MR) is 91.6 cm³/mol. The maximum atomic E-state index is 6.45. The van der Waals surface area contributed by atoms with Crippen LogP contribution in [0.15, 0.2) is 30.3 Å². The van der Waals surface area contributed by atoms with Gasteiger partial charge in [0.25, 0.3) is 0 Å². The van der Waals surface area contributed by atoms with Gasteiger partial charge in [0.05, 0.1) is 25.9 Å². The highest BCUT2D eigenvalue weighted by Crippen LogP contribution is 2.43. The first-order chi connectivity index (χ1) is 12.3. The SMILES string of the molecule is c1ccc(CN2O[C@@H]([C@H]3COC4(CCCCC4)O3)[C@@H]3COC[C@@H]32)cc1. The normalized spacial score (nSPS) is 37.6. The Morgan fingerprint density at radius 1 is 1.00 bits per heavy atom. The van der Waals surface area contributed by atoms with E-state index in [1.807, 2.05) is 6.07 Å². The fraction of sp³-hybridized carbons (Fsp3) is 0.700. The minimum Gasteiger partial charge on any atom is -0.379 e. The molecule has 0 bridgehead atoms. The van der Waals surface area contributed by atoms with Gasteiger partial charge in [0.2, 0.25) is 0 Å². The Morgan fingerprint density at radius 2 is 1.84 bits per heavy atom. The van der Waals surface area contributed by atoms with Crippen molar-refractivity contribution in [1.82, 2.24) is 5.06 Å². The third-order valence-electron chi connectivity index (χ3n) is 6.18. The van der Waals surface area contributed by atoms with Crippen LogP contribution in [0.5, 0.6) is 0 Å². The fourth-order valence-corrected chi connectivity index (χ4v) is 4.84. The molecule has 0 radical (unpaired) electrons. The number of rotatable bonds is 3. The van der Waals surface area contributed by atoms with Crippen molar-refractivity contribution in [1.29, 1.82) is 0 Å². The highest BCUT2D eigenvalue weighted by atomic mass is 16.8. The van der Waals surface area contributed by atoms with Crippen molar-refractivity contribution in [2.75, 3.05) is 19.8 Å². The van der Waals surface area contributed by atoms with Crippen molar-refractivity contribution in [2.24, 2.45) is 5.92 Å². The highest BCUT2D eigenvalue weighted by molar-refractivity contribution is 5.15. The van der Waals surface area contributed by atoms with E-state index in [4.69, 9.17) is 19.0 Å². The van der Waals surface area contributed by atoms with E-state index in [0.717, 1.165) is 32.6 Å². The third-order valence-corrected chi connectivity index (χ3v) is 6.18. The molecule has 3 aliphatic heterocycles. The second kappa shape index (κ2) is 6.63. The maximum Gasteiger partial charge on any atom is 0.169 e. The summed E-state index contributed by atoms with van der Waals surface area (Å²) in [4.78, 5) is 6.40. The van der Waals surface area contributed by atoms with Gasteiger partial charge in [-0.3, -0.25) is 4.84 Å². The number of nitrogens with zero attached hydrogens (tertiary/aromatic N) is 1. The van der Waals surface area contributed by atoms with Gasteiger partial charge in [0.15, 0.2) is 5.79 Å². The van der Waals surface area contributed by atoms with Gasteiger partial charge in [-0.2, -0.15) is 5.06 Å². The summed E-state index contributed by atoms with van der Waals surface area (Å²) < 4.78 is 18.4. The molecule has 0 aromatic heterocycles. The molecule has 3 saturated heterocycles. The molecule has 4 atom stereocenters. The van der Waals surface area contributed by atoms with Crippen molar-refractivity contribution < 1.29 is 19.0 Å². The molecule has 4 aliphatic rings. The smallest absolute Gasteiger partial charge is 0.169 e. The molecule has 5 nitrogen and oxygen atoms in total. The van der Waals surface area contributed by atoms with Crippen LogP contribution in [0.25, 0.3) is 0 Å². The van der Waals surface area contributed by atoms with Gasteiger partial charge in [-0.1, -0.05) is 36.8 Å². The number of ether oxygens (including phenoxy) is 3. The first-order valence-electron chi connectivity index (χ1n) is 9.70. The van der Waals surface area contributed by atoms with E-state index >= 15 is 0 Å². The minimum atomic E-state index is -0.339. The molecule has 5 heteroatoms. The summed E-state index contributed by atoms with van der Waals surface area (Å²) in [6.07, 6.45) is 5.80. The first kappa shape index (κ1) is 16.2. The van der Waals surface area contributed by atoms with Gasteiger partial charge in [-0.15, -0.1) is 0 Å². The van der Waals surface area contributed by atoms with Gasteiger partial charge in [0, 0.05) is 25.3 Å². The third kappa shape index (κ3) is 3.02. The molecular formula is C20H27NO4. The second-order valence-electron chi connectivity index (χ2n) is 7.84. The van der Waals surface area contributed by atoms with Gasteiger partial charge in [-0.25, -0.2) is 0 Å². The van der Waals surface area contributed by atoms with Gasteiger partial charge < -0.3 is 14.2 Å². The number of hydroxylamine groups is 2. The van der Waals surface area contributed by atoms with E-state index in [1.165, 1.54) is 24.8 Å². The summed E-state index contributed by atoms with van der Waals surface area (Å²) in [5, 5.41) is 2.12. The molecule has 5 rings (SSSR count). The average Bonchev–Trinajstić information content (AvgIpc) is 3.34. The van der Waals surface area contributed by atoms with Crippen LogP contribution >= 0.6 is 0 Å². The van der Waals surface area contributed by atoms with Crippen molar-refractivity contribution in [3.63, 3.8) is 0 Å². The van der Waals surface area contributed by atoms with E-state index < -0.39 is 0 Å². The minimum absolute atomic E-state index is 0.0214. The van der Waals surface area contributed by atoms with Crippen LogP contribution in [0.4, 0.5) is 0 Å². The highest BCUT2D eigenvalue weighted by Gasteiger charge is 2.54. The second-order valence-corrected chi connectivity index (χ2v) is 7.84. The lowest BCUT2D eigenvalue weighted by molar-refractivity contribution is -0.229. The molecule has 3 heterocycles. The quantitative estimate of drug-likeness (QED) is 0.842. The standard InChI is InChI=1S/C20H27NO4/c1-3-7-15(8-4-1)11-21-17-13-22-12-16(17)19(25-21)18-14-23-20(24-18)9-5-2-6-10-20/h1,3-4,7-8,16-19H,2,5-6,9-14H2/t16-,17+,18-,19-/m1/s1. The maximum absolute atomic E-state index is 6.45. The molecular weight excluding hydrogens is 318 g/mol. The molecule has 1 aliphatic carbocycles. The van der Waals surface area contributed by atoms with Gasteiger partial charge in [-0.05, 0) is 18.4 Å². The Kier molecular flexibility index (Phi) is 4.30. The molecule has 0 amide bonds. The van der Waals surface area contributed by atoms with Crippen LogP contribution in [0.2, 0.25) is 0 Å². The molecule has 0 unspecified atom stereocenters. The monoisotopic (exact) mass is 345 g/mol. The van der Waals surface area contributed by atoms with Crippen LogP contribution in [0.1, 0.15) is 37.7 Å². The first-order valence-corrected chi connectivity index (χ1v) is 9.70. The van der Waals surface area contributed by atoms with Crippen LogP contribution in [0, 0.1) is 5.92 Å². The molecule has 1 aromatic rings. The van der Waals surface area contributed by atoms with Gasteiger partial charge >= 0.3 is 0 Å². The molecule has 1 aromatic carbocycles. The van der Waals surface area contributed by atoms with E-state index in [1.54, 1.807) is 0 Å². The van der Waals surface area contributed by atoms with Crippen LogP contribution in [0.3, 0.4) is 0 Å². The molecule has 25 heavy (non-hydrogen) atoms. The summed E-state index contributed by atoms with van der Waals surface area (Å²) in [6.45, 7) is 2.94. The Balaban J connectivity index is 1.29. The lowest BCUT2D eigenvalue weighted by Crippen LogP contribution is -2.39. The lowest BCUT2D eigenvalue weighted by atomic mass is 9.93. The Hall–Kier alpha value is -0.980. The van der Waals surface area contributed by atoms with Crippen molar-refractivity contribution in [2.45, 2.75) is 62.7 Å². The zero-order valence-corrected chi connectivity index (χ0v) is 14.6. The zero-order chi connectivity index (χ0) is 16.7. The Bertz CT molecular complexity index is 589. The van der Waals surface area contributed by atoms with E-state index in [-0.39, 0.29) is 18.0 Å². The fourth-order valence-electron chi connectivity index (χ4n) is 4.84. The summed E-state index contributed by atoms with van der Waals surface area (Å²) >= 11 is 0. The van der Waals surface area contributed by atoms with E-state index in [9.17, 15) is 0 Å². The van der Waals surface area contributed by atoms with Crippen LogP contribution < -0.4 is 0 Å². The summed E-state index contributed by atoms with van der Waals surface area (Å²) in [5.41, 5.74) is 1.26. The van der Waals surface area contributed by atoms with Crippen LogP contribution in [-0.4, -0.2) is 48.9 Å². The molecule has 0 N–H and O–H groups in total. The lowest BCUT2D eigenvalue weighted by Gasteiger charge is -2.32. The number of fused-ring (bicyclic) bond motifs is 1. The number of hydrogen-bond acceptors (Lipinski definition) is 5. The van der Waals surface area contributed by atoms with Crippen LogP contribution in [-0.2, 0) is 25.6 Å². The summed E-state index contributed by atoms with van der Waals surface area (Å²) in [5.74, 6) is 0.0321. The zero-order valence-electron chi connectivity index (χ0n) is 14.6. The molecule has 4 fully saturated rings. The Morgan fingerprint density at radius 3 is 2.68 bits per heavy atom. The van der Waals surface area contributed by atoms with Crippen molar-refractivity contribution in [3.8, 4) is 0 Å². The summed E-state index contributed by atoms with van der Waals surface area (Å²) in [6, 6.07) is 10.8. The average molecular weight is 345 g/mol. The van der Waals surface area contributed by atoms with E-state index in [2.05, 4.69) is 29.3 Å². The topological polar surface area (TPSA) is 40.2 Å². The molecule has 1 saturated carbocycles. The molecule has 1 spiro atoms. The largest absolute Gasteiger partial charge is 0.379 e. The van der Waals surface area contributed by atoms with Gasteiger partial charge in [0.1, 0.15) is 12.2 Å². The Labute approximate surface area is 149 Å². The van der Waals surface area contributed by atoms with E-state index in [0.29, 0.717) is 18.6 Å². The van der Waals surface area contributed by atoms with Crippen molar-refractivity contribution in [3.05, 3.63) is 35.9 Å². The number of hydrogen-bond donors (Lipinski definition) is 0. The summed E-state index contributed by atoms with van der Waals surface area (Å²) in [7, 11) is 0. The predicted octanol–water partition coefficient (Wildman–Crippen LogP) is 2.89.